The molecule has 1 aliphatic heterocycles. The van der Waals surface area contributed by atoms with Gasteiger partial charge in [0.05, 0.1) is 17.4 Å². The number of halogens is 1. The first-order chi connectivity index (χ1) is 15.6. The highest BCUT2D eigenvalue weighted by Gasteiger charge is 2.50. The molecule has 4 unspecified atom stereocenters. The summed E-state index contributed by atoms with van der Waals surface area (Å²) in [6, 6.07) is 1.45. The summed E-state index contributed by atoms with van der Waals surface area (Å²) in [5.41, 5.74) is -0.436. The fraction of sp³-hybridized carbons (Fsp3) is 0.667. The van der Waals surface area contributed by atoms with Crippen molar-refractivity contribution in [2.45, 2.75) is 89.2 Å². The second-order valence-electron chi connectivity index (χ2n) is 9.15. The molecule has 0 spiro atoms. The van der Waals surface area contributed by atoms with E-state index >= 15 is 0 Å². The molecule has 1 fully saturated rings. The molecular formula is C21H31FN3O7PS. The van der Waals surface area contributed by atoms with Gasteiger partial charge < -0.3 is 34.5 Å². The zero-order valence-electron chi connectivity index (χ0n) is 19.6. The first-order valence-electron chi connectivity index (χ1n) is 11.0. The van der Waals surface area contributed by atoms with Crippen LogP contribution in [-0.4, -0.2) is 64.4 Å². The Kier molecular flexibility index (Phi) is 7.68. The van der Waals surface area contributed by atoms with Crippen LogP contribution in [0.4, 0.5) is 4.39 Å². The molecule has 0 aromatic carbocycles. The quantitative estimate of drug-likeness (QED) is 0.259. The Morgan fingerprint density at radius 3 is 2.50 bits per heavy atom. The lowest BCUT2D eigenvalue weighted by atomic mass is 9.92. The van der Waals surface area contributed by atoms with E-state index in [0.717, 1.165) is 0 Å². The van der Waals surface area contributed by atoms with Gasteiger partial charge in [0, 0.05) is 12.0 Å². The number of aryl methyl sites for hydroxylation is 1. The van der Waals surface area contributed by atoms with Gasteiger partial charge in [-0.3, -0.25) is 4.57 Å². The van der Waals surface area contributed by atoms with Gasteiger partial charge in [0.1, 0.15) is 28.5 Å². The highest BCUT2D eigenvalue weighted by Crippen LogP contribution is 2.59. The third-order valence-corrected chi connectivity index (χ3v) is 9.06. The number of fused-ring (bicyclic) bond motifs is 1. The Balaban J connectivity index is 1.88. The van der Waals surface area contributed by atoms with Crippen molar-refractivity contribution in [2.75, 3.05) is 0 Å². The van der Waals surface area contributed by atoms with Crippen LogP contribution in [0.1, 0.15) is 64.3 Å². The highest BCUT2D eigenvalue weighted by atomic mass is 32.1. The van der Waals surface area contributed by atoms with Crippen molar-refractivity contribution in [3.8, 4) is 0 Å². The second-order valence-corrected chi connectivity index (χ2v) is 11.7. The highest BCUT2D eigenvalue weighted by molar-refractivity contribution is 7.71. The van der Waals surface area contributed by atoms with Gasteiger partial charge in [0.15, 0.2) is 11.0 Å². The van der Waals surface area contributed by atoms with E-state index in [1.54, 1.807) is 20.8 Å². The second kappa shape index (κ2) is 9.59. The maximum Gasteiger partial charge on any atom is 0.359 e. The summed E-state index contributed by atoms with van der Waals surface area (Å²) in [7, 11) is -4.46. The van der Waals surface area contributed by atoms with E-state index < -0.39 is 48.9 Å². The summed E-state index contributed by atoms with van der Waals surface area (Å²) in [4.78, 5) is 21.1. The summed E-state index contributed by atoms with van der Waals surface area (Å²) in [5.74, 6) is -0.748. The zero-order valence-corrected chi connectivity index (χ0v) is 21.4. The molecule has 2 aromatic heterocycles. The Bertz CT molecular complexity index is 1180. The topological polar surface area (TPSA) is 158 Å². The van der Waals surface area contributed by atoms with E-state index in [2.05, 4.69) is 15.0 Å². The van der Waals surface area contributed by atoms with Crippen LogP contribution in [0.25, 0.3) is 11.2 Å². The van der Waals surface area contributed by atoms with Gasteiger partial charge in [-0.2, -0.15) is 4.39 Å². The van der Waals surface area contributed by atoms with Crippen LogP contribution < -0.4 is 0 Å². The largest absolute Gasteiger partial charge is 0.388 e. The van der Waals surface area contributed by atoms with Gasteiger partial charge in [-0.25, -0.2) is 9.97 Å². The van der Waals surface area contributed by atoms with Crippen LogP contribution in [-0.2, 0) is 13.8 Å². The molecule has 0 amide bonds. The lowest BCUT2D eigenvalue weighted by molar-refractivity contribution is -0.0531. The van der Waals surface area contributed by atoms with Crippen molar-refractivity contribution in [3.05, 3.63) is 27.9 Å². The first-order valence-corrected chi connectivity index (χ1v) is 13.0. The fourth-order valence-electron chi connectivity index (χ4n) is 3.75. The SMILES string of the molecule is CCC(C)(C[C@H]1O[C@@H](c2cc3nc(F)c(C)nc3[nH]c2=S)[C@@H](O)C1O)OP(=O)(O)C(C)(O)CC. The van der Waals surface area contributed by atoms with Crippen LogP contribution in [0.2, 0.25) is 0 Å². The van der Waals surface area contributed by atoms with Crippen LogP contribution in [0.3, 0.4) is 0 Å². The molecule has 3 rings (SSSR count). The molecule has 10 nitrogen and oxygen atoms in total. The number of aromatic nitrogens is 3. The third-order valence-electron chi connectivity index (χ3n) is 6.50. The van der Waals surface area contributed by atoms with Gasteiger partial charge in [-0.1, -0.05) is 26.1 Å². The average Bonchev–Trinajstić information content (AvgIpc) is 3.02. The molecule has 34 heavy (non-hydrogen) atoms. The van der Waals surface area contributed by atoms with E-state index in [-0.39, 0.29) is 46.3 Å². The van der Waals surface area contributed by atoms with Crippen molar-refractivity contribution >= 4 is 31.0 Å². The van der Waals surface area contributed by atoms with Crippen LogP contribution in [0.15, 0.2) is 6.07 Å². The van der Waals surface area contributed by atoms with Crippen molar-refractivity contribution in [1.82, 2.24) is 15.0 Å². The van der Waals surface area contributed by atoms with Crippen LogP contribution >= 0.6 is 19.8 Å². The molecule has 1 aliphatic rings. The molecule has 190 valence electrons. The van der Waals surface area contributed by atoms with Crippen molar-refractivity contribution in [3.63, 3.8) is 0 Å². The summed E-state index contributed by atoms with van der Waals surface area (Å²) in [5, 5.41) is 29.8. The lowest BCUT2D eigenvalue weighted by Gasteiger charge is -2.37. The molecule has 0 bridgehead atoms. The standard InChI is InChI=1S/C21H31FN3O7PS/c1-6-20(4,32-33(29,30)21(5,28)7-2)9-13-14(26)15(27)16(31-13)11-8-12-18(25-19(11)34)23-10(3)17(22)24-12/h8,13-16,26-28H,6-7,9H2,1-5H3,(H,29,30)(H,23,25,34)/t13-,14?,15+,16+,20?,21?/m1/s1. The number of aliphatic hydroxyl groups is 3. The lowest BCUT2D eigenvalue weighted by Crippen LogP contribution is -2.40. The number of nitrogens with one attached hydrogen (secondary N) is 1. The van der Waals surface area contributed by atoms with E-state index in [0.29, 0.717) is 0 Å². The maximum atomic E-state index is 13.9. The summed E-state index contributed by atoms with van der Waals surface area (Å²) < 4.78 is 38.3. The number of rotatable bonds is 8. The van der Waals surface area contributed by atoms with Crippen molar-refractivity contribution in [2.24, 2.45) is 0 Å². The molecule has 2 aromatic rings. The van der Waals surface area contributed by atoms with Gasteiger partial charge in [0.25, 0.3) is 0 Å². The van der Waals surface area contributed by atoms with E-state index in [1.165, 1.54) is 19.9 Å². The molecule has 0 aliphatic carbocycles. The molecule has 0 radical (unpaired) electrons. The number of hydrogen-bond donors (Lipinski definition) is 5. The fourth-order valence-corrected chi connectivity index (χ4v) is 5.42. The maximum absolute atomic E-state index is 13.9. The Morgan fingerprint density at radius 2 is 1.91 bits per heavy atom. The predicted octanol–water partition coefficient (Wildman–Crippen LogP) is 3.18. The van der Waals surface area contributed by atoms with Crippen molar-refractivity contribution in [1.29, 1.82) is 0 Å². The minimum absolute atomic E-state index is 0.00695. The van der Waals surface area contributed by atoms with Crippen LogP contribution in [0, 0.1) is 17.5 Å². The number of H-pyrrole nitrogens is 1. The zero-order chi connectivity index (χ0) is 25.6. The predicted molar refractivity (Wildman–Crippen MR) is 124 cm³/mol. The molecule has 7 atom stereocenters. The minimum Gasteiger partial charge on any atom is -0.388 e. The first kappa shape index (κ1) is 27.2. The summed E-state index contributed by atoms with van der Waals surface area (Å²) in [6.07, 6.45) is -4.61. The number of ether oxygens (including phenoxy) is 1. The molecule has 0 saturated carbocycles. The Hall–Kier alpha value is -1.37. The average molecular weight is 520 g/mol. The minimum atomic E-state index is -4.46. The summed E-state index contributed by atoms with van der Waals surface area (Å²) in [6.45, 7) is 7.55. The normalized spacial score (nSPS) is 28.4. The van der Waals surface area contributed by atoms with Crippen molar-refractivity contribution < 1.29 is 38.4 Å². The molecule has 1 saturated heterocycles. The molecule has 5 N–H and O–H groups in total. The molecule has 3 heterocycles. The third kappa shape index (κ3) is 5.10. The summed E-state index contributed by atoms with van der Waals surface area (Å²) >= 11 is 5.37. The Morgan fingerprint density at radius 1 is 1.26 bits per heavy atom. The van der Waals surface area contributed by atoms with E-state index in [1.807, 2.05) is 0 Å². The van der Waals surface area contributed by atoms with Gasteiger partial charge in [-0.05, 0) is 39.7 Å². The number of hydrogen-bond acceptors (Lipinski definition) is 9. The van der Waals surface area contributed by atoms with Gasteiger partial charge in [-0.15, -0.1) is 0 Å². The van der Waals surface area contributed by atoms with E-state index in [4.69, 9.17) is 21.5 Å². The molecule has 13 heteroatoms. The van der Waals surface area contributed by atoms with Gasteiger partial charge >= 0.3 is 7.60 Å². The monoisotopic (exact) mass is 519 g/mol. The Labute approximate surface area is 201 Å². The van der Waals surface area contributed by atoms with Gasteiger partial charge in [0.2, 0.25) is 5.95 Å². The number of aromatic amines is 1. The smallest absolute Gasteiger partial charge is 0.359 e. The molecular weight excluding hydrogens is 488 g/mol. The number of aliphatic hydroxyl groups excluding tert-OH is 2. The van der Waals surface area contributed by atoms with E-state index in [9.17, 15) is 29.2 Å². The number of nitrogens with zero attached hydrogens (tertiary/aromatic N) is 2. The number of pyridine rings is 1. The van der Waals surface area contributed by atoms with Crippen LogP contribution in [0.5, 0.6) is 0 Å².